The number of nitrogens with zero attached hydrogens (tertiary/aromatic N) is 3. The summed E-state index contributed by atoms with van der Waals surface area (Å²) in [7, 11) is 0. The number of hydrogen-bond acceptors (Lipinski definition) is 5. The SMILES string of the molecule is Cc1nnc(CNC2CCN(C(=O)c3ccccc3F)CC2)s1. The lowest BCUT2D eigenvalue weighted by Crippen LogP contribution is -2.44. The van der Waals surface area contributed by atoms with E-state index in [1.807, 2.05) is 6.92 Å². The second-order valence-electron chi connectivity index (χ2n) is 5.64. The van der Waals surface area contributed by atoms with E-state index in [4.69, 9.17) is 0 Å². The molecule has 0 unspecified atom stereocenters. The molecule has 5 nitrogen and oxygen atoms in total. The normalized spacial score (nSPS) is 15.8. The number of halogens is 1. The number of hydrogen-bond donors (Lipinski definition) is 1. The third-order valence-electron chi connectivity index (χ3n) is 4.00. The molecule has 1 aliphatic heterocycles. The lowest BCUT2D eigenvalue weighted by atomic mass is 10.0. The highest BCUT2D eigenvalue weighted by atomic mass is 32.1. The summed E-state index contributed by atoms with van der Waals surface area (Å²) in [5.41, 5.74) is 0.156. The minimum absolute atomic E-state index is 0.156. The smallest absolute Gasteiger partial charge is 0.256 e. The third kappa shape index (κ3) is 3.92. The summed E-state index contributed by atoms with van der Waals surface area (Å²) in [6, 6.07) is 6.50. The fraction of sp³-hybridized carbons (Fsp3) is 0.438. The van der Waals surface area contributed by atoms with Crippen molar-refractivity contribution in [2.75, 3.05) is 13.1 Å². The Hall–Kier alpha value is -1.86. The Morgan fingerprint density at radius 1 is 1.35 bits per heavy atom. The average Bonchev–Trinajstić information content (AvgIpc) is 2.99. The second-order valence-corrected chi connectivity index (χ2v) is 6.91. The van der Waals surface area contributed by atoms with E-state index in [1.165, 1.54) is 6.07 Å². The Balaban J connectivity index is 1.50. The molecule has 1 amide bonds. The number of piperidine rings is 1. The van der Waals surface area contributed by atoms with Crippen LogP contribution in [0.1, 0.15) is 33.2 Å². The van der Waals surface area contributed by atoms with Crippen molar-refractivity contribution in [2.45, 2.75) is 32.4 Å². The van der Waals surface area contributed by atoms with Gasteiger partial charge in [-0.2, -0.15) is 0 Å². The van der Waals surface area contributed by atoms with Crippen LogP contribution in [0.25, 0.3) is 0 Å². The molecule has 122 valence electrons. The van der Waals surface area contributed by atoms with Crippen molar-refractivity contribution in [3.05, 3.63) is 45.7 Å². The molecule has 1 N–H and O–H groups in total. The molecule has 3 rings (SSSR count). The molecule has 7 heteroatoms. The van der Waals surface area contributed by atoms with Crippen LogP contribution in [0.2, 0.25) is 0 Å². The molecule has 1 aromatic heterocycles. The number of carbonyl (C=O) groups excluding carboxylic acids is 1. The minimum atomic E-state index is -0.454. The summed E-state index contributed by atoms with van der Waals surface area (Å²) in [5.74, 6) is -0.675. The lowest BCUT2D eigenvalue weighted by Gasteiger charge is -2.32. The highest BCUT2D eigenvalue weighted by Crippen LogP contribution is 2.17. The van der Waals surface area contributed by atoms with Gasteiger partial charge < -0.3 is 10.2 Å². The number of amides is 1. The number of nitrogens with one attached hydrogen (secondary N) is 1. The van der Waals surface area contributed by atoms with E-state index in [0.717, 1.165) is 22.9 Å². The topological polar surface area (TPSA) is 58.1 Å². The lowest BCUT2D eigenvalue weighted by molar-refractivity contribution is 0.0700. The Morgan fingerprint density at radius 3 is 2.74 bits per heavy atom. The Labute approximate surface area is 138 Å². The summed E-state index contributed by atoms with van der Waals surface area (Å²) in [6.07, 6.45) is 1.72. The van der Waals surface area contributed by atoms with Crippen LogP contribution in [0, 0.1) is 12.7 Å². The van der Waals surface area contributed by atoms with E-state index in [2.05, 4.69) is 15.5 Å². The maximum Gasteiger partial charge on any atom is 0.256 e. The first-order valence-corrected chi connectivity index (χ1v) is 8.51. The second kappa shape index (κ2) is 7.14. The molecule has 1 fully saturated rings. The van der Waals surface area contributed by atoms with E-state index in [1.54, 1.807) is 34.4 Å². The van der Waals surface area contributed by atoms with Crippen molar-refractivity contribution in [3.8, 4) is 0 Å². The van der Waals surface area contributed by atoms with Gasteiger partial charge in [-0.25, -0.2) is 4.39 Å². The zero-order valence-corrected chi connectivity index (χ0v) is 13.8. The fourth-order valence-corrected chi connectivity index (χ4v) is 3.39. The summed E-state index contributed by atoms with van der Waals surface area (Å²) >= 11 is 1.59. The van der Waals surface area contributed by atoms with E-state index >= 15 is 0 Å². The molecule has 23 heavy (non-hydrogen) atoms. The Bertz CT molecular complexity index is 682. The maximum atomic E-state index is 13.7. The van der Waals surface area contributed by atoms with Crippen molar-refractivity contribution < 1.29 is 9.18 Å². The van der Waals surface area contributed by atoms with Gasteiger partial charge >= 0.3 is 0 Å². The van der Waals surface area contributed by atoms with Gasteiger partial charge in [-0.1, -0.05) is 12.1 Å². The van der Waals surface area contributed by atoms with Crippen LogP contribution in [-0.4, -0.2) is 40.1 Å². The van der Waals surface area contributed by atoms with Crippen LogP contribution in [0.3, 0.4) is 0 Å². The predicted molar refractivity (Wildman–Crippen MR) is 86.8 cm³/mol. The van der Waals surface area contributed by atoms with E-state index in [0.29, 0.717) is 25.7 Å². The highest BCUT2D eigenvalue weighted by molar-refractivity contribution is 7.11. The molecule has 0 radical (unpaired) electrons. The summed E-state index contributed by atoms with van der Waals surface area (Å²) < 4.78 is 13.7. The number of aromatic nitrogens is 2. The molecule has 2 aromatic rings. The fourth-order valence-electron chi connectivity index (χ4n) is 2.73. The van der Waals surface area contributed by atoms with Crippen molar-refractivity contribution in [3.63, 3.8) is 0 Å². The van der Waals surface area contributed by atoms with Crippen molar-refractivity contribution in [2.24, 2.45) is 0 Å². The number of likely N-dealkylation sites (tertiary alicyclic amines) is 1. The van der Waals surface area contributed by atoms with E-state index < -0.39 is 5.82 Å². The Morgan fingerprint density at radius 2 is 2.09 bits per heavy atom. The molecule has 2 heterocycles. The standard InChI is InChI=1S/C16H19FN4OS/c1-11-19-20-15(23-11)10-18-12-6-8-21(9-7-12)16(22)13-4-2-3-5-14(13)17/h2-5,12,18H,6-10H2,1H3. The average molecular weight is 334 g/mol. The van der Waals surface area contributed by atoms with E-state index in [-0.39, 0.29) is 11.5 Å². The van der Waals surface area contributed by atoms with Crippen molar-refractivity contribution >= 4 is 17.2 Å². The van der Waals surface area contributed by atoms with Gasteiger partial charge in [0.1, 0.15) is 15.8 Å². The van der Waals surface area contributed by atoms with Gasteiger partial charge in [-0.15, -0.1) is 21.5 Å². The van der Waals surface area contributed by atoms with Crippen LogP contribution in [-0.2, 0) is 6.54 Å². The van der Waals surface area contributed by atoms with Crippen LogP contribution in [0.4, 0.5) is 4.39 Å². The van der Waals surface area contributed by atoms with Gasteiger partial charge in [-0.05, 0) is 31.9 Å². The molecule has 1 aromatic carbocycles. The van der Waals surface area contributed by atoms with Gasteiger partial charge in [0.25, 0.3) is 5.91 Å². The molecule has 0 spiro atoms. The highest BCUT2D eigenvalue weighted by Gasteiger charge is 2.25. The van der Waals surface area contributed by atoms with Crippen LogP contribution < -0.4 is 5.32 Å². The monoisotopic (exact) mass is 334 g/mol. The zero-order chi connectivity index (χ0) is 16.2. The number of rotatable bonds is 4. The molecular weight excluding hydrogens is 315 g/mol. The number of aryl methyl sites for hydroxylation is 1. The molecule has 0 aliphatic carbocycles. The van der Waals surface area contributed by atoms with Crippen molar-refractivity contribution in [1.82, 2.24) is 20.4 Å². The molecule has 1 aliphatic rings. The first-order chi connectivity index (χ1) is 11.1. The van der Waals surface area contributed by atoms with Crippen LogP contribution in [0.15, 0.2) is 24.3 Å². The van der Waals surface area contributed by atoms with Gasteiger partial charge in [-0.3, -0.25) is 4.79 Å². The van der Waals surface area contributed by atoms with E-state index in [9.17, 15) is 9.18 Å². The largest absolute Gasteiger partial charge is 0.338 e. The molecular formula is C16H19FN4OS. The summed E-state index contributed by atoms with van der Waals surface area (Å²) in [6.45, 7) is 3.92. The molecule has 0 saturated carbocycles. The van der Waals surface area contributed by atoms with Gasteiger partial charge in [0.15, 0.2) is 0 Å². The van der Waals surface area contributed by atoms with Gasteiger partial charge in [0.05, 0.1) is 5.56 Å². The molecule has 1 saturated heterocycles. The number of carbonyl (C=O) groups is 1. The summed E-state index contributed by atoms with van der Waals surface area (Å²) in [4.78, 5) is 14.1. The first kappa shape index (κ1) is 16.0. The van der Waals surface area contributed by atoms with Gasteiger partial charge in [0, 0.05) is 25.7 Å². The van der Waals surface area contributed by atoms with Crippen LogP contribution in [0.5, 0.6) is 0 Å². The zero-order valence-electron chi connectivity index (χ0n) is 13.0. The maximum absolute atomic E-state index is 13.7. The summed E-state index contributed by atoms with van der Waals surface area (Å²) in [5, 5.41) is 13.5. The van der Waals surface area contributed by atoms with Crippen LogP contribution >= 0.6 is 11.3 Å². The third-order valence-corrected chi connectivity index (χ3v) is 4.83. The first-order valence-electron chi connectivity index (χ1n) is 7.69. The molecule has 0 atom stereocenters. The quantitative estimate of drug-likeness (QED) is 0.933. The number of benzene rings is 1. The molecule has 0 bridgehead atoms. The predicted octanol–water partition coefficient (Wildman–Crippen LogP) is 2.38. The van der Waals surface area contributed by atoms with Crippen molar-refractivity contribution in [1.29, 1.82) is 0 Å². The van der Waals surface area contributed by atoms with Gasteiger partial charge in [0.2, 0.25) is 0 Å². The minimum Gasteiger partial charge on any atom is -0.338 e. The Kier molecular flexibility index (Phi) is 4.97.